The normalized spacial score (nSPS) is 25.1. The van der Waals surface area contributed by atoms with Crippen LogP contribution in [0.4, 0.5) is 11.5 Å². The average molecular weight is 329 g/mol. The molecule has 0 bridgehead atoms. The van der Waals surface area contributed by atoms with Gasteiger partial charge in [-0.05, 0) is 37.3 Å². The van der Waals surface area contributed by atoms with Crippen molar-refractivity contribution in [2.75, 3.05) is 36.5 Å². The number of allylic oxidation sites excluding steroid dienone is 2. The van der Waals surface area contributed by atoms with Gasteiger partial charge >= 0.3 is 0 Å². The smallest absolute Gasteiger partial charge is 0.229 e. The van der Waals surface area contributed by atoms with E-state index in [-0.39, 0.29) is 17.2 Å². The molecule has 1 aromatic heterocycles. The predicted molar refractivity (Wildman–Crippen MR) is 96.1 cm³/mol. The van der Waals surface area contributed by atoms with Crippen LogP contribution in [0.2, 0.25) is 0 Å². The number of pyridine rings is 1. The molecule has 0 spiro atoms. The lowest BCUT2D eigenvalue weighted by Gasteiger charge is -2.28. The summed E-state index contributed by atoms with van der Waals surface area (Å²) in [7, 11) is 0. The Bertz CT molecular complexity index is 627. The third-order valence-electron chi connectivity index (χ3n) is 5.08. The van der Waals surface area contributed by atoms with Crippen LogP contribution in [0.5, 0.6) is 0 Å². The van der Waals surface area contributed by atoms with Crippen LogP contribution in [-0.4, -0.2) is 37.2 Å². The molecule has 2 aliphatic rings. The minimum absolute atomic E-state index is 0.0214. The maximum Gasteiger partial charge on any atom is 0.229 e. The Balaban J connectivity index is 1.62. The van der Waals surface area contributed by atoms with Gasteiger partial charge in [-0.2, -0.15) is 0 Å². The van der Waals surface area contributed by atoms with Gasteiger partial charge in [-0.3, -0.25) is 4.79 Å². The number of rotatable bonds is 4. The van der Waals surface area contributed by atoms with Gasteiger partial charge in [-0.15, -0.1) is 0 Å². The van der Waals surface area contributed by atoms with E-state index in [4.69, 9.17) is 4.74 Å². The second kappa shape index (κ2) is 6.55. The average Bonchev–Trinajstić information content (AvgIpc) is 3.08. The van der Waals surface area contributed by atoms with Gasteiger partial charge in [-0.25, -0.2) is 4.98 Å². The number of carbonyl (C=O) groups excluding carboxylic acids is 1. The van der Waals surface area contributed by atoms with Crippen LogP contribution in [0, 0.1) is 17.3 Å². The highest BCUT2D eigenvalue weighted by Crippen LogP contribution is 2.59. The molecule has 5 heteroatoms. The maximum absolute atomic E-state index is 12.6. The highest BCUT2D eigenvalue weighted by Gasteiger charge is 2.60. The number of hydrogen-bond acceptors (Lipinski definition) is 4. The molecule has 1 saturated heterocycles. The zero-order valence-electron chi connectivity index (χ0n) is 15.0. The molecular formula is C19H27N3O2. The lowest BCUT2D eigenvalue weighted by molar-refractivity contribution is -0.118. The Morgan fingerprint density at radius 3 is 2.62 bits per heavy atom. The number of ether oxygens (including phenoxy) is 1. The predicted octanol–water partition coefficient (Wildman–Crippen LogP) is 3.10. The Hall–Kier alpha value is -1.88. The second-order valence-electron chi connectivity index (χ2n) is 7.56. The van der Waals surface area contributed by atoms with Crippen LogP contribution in [0.15, 0.2) is 30.0 Å². The van der Waals surface area contributed by atoms with Crippen molar-refractivity contribution >= 4 is 17.4 Å². The fraction of sp³-hybridized carbons (Fsp3) is 0.579. The molecule has 2 atom stereocenters. The molecule has 1 aliphatic heterocycles. The molecule has 1 amide bonds. The third-order valence-corrected chi connectivity index (χ3v) is 5.08. The van der Waals surface area contributed by atoms with Crippen molar-refractivity contribution in [1.82, 2.24) is 4.98 Å². The first kappa shape index (κ1) is 17.0. The highest BCUT2D eigenvalue weighted by atomic mass is 16.5. The van der Waals surface area contributed by atoms with Gasteiger partial charge in [0.05, 0.1) is 31.0 Å². The van der Waals surface area contributed by atoms with Gasteiger partial charge in [-0.1, -0.05) is 25.5 Å². The Morgan fingerprint density at radius 1 is 1.33 bits per heavy atom. The van der Waals surface area contributed by atoms with Crippen LogP contribution < -0.4 is 10.2 Å². The maximum atomic E-state index is 12.6. The molecular weight excluding hydrogens is 302 g/mol. The fourth-order valence-corrected chi connectivity index (χ4v) is 3.52. The van der Waals surface area contributed by atoms with Crippen molar-refractivity contribution in [3.8, 4) is 0 Å². The lowest BCUT2D eigenvalue weighted by atomic mass is 10.1. The number of aromatic nitrogens is 1. The summed E-state index contributed by atoms with van der Waals surface area (Å²) in [5.41, 5.74) is 2.36. The van der Waals surface area contributed by atoms with Gasteiger partial charge in [0.1, 0.15) is 5.82 Å². The lowest BCUT2D eigenvalue weighted by Crippen LogP contribution is -2.36. The van der Waals surface area contributed by atoms with Gasteiger partial charge in [0, 0.05) is 13.1 Å². The zero-order valence-corrected chi connectivity index (χ0v) is 15.0. The van der Waals surface area contributed by atoms with Crippen molar-refractivity contribution in [3.63, 3.8) is 0 Å². The minimum Gasteiger partial charge on any atom is -0.378 e. The Kier molecular flexibility index (Phi) is 4.63. The van der Waals surface area contributed by atoms with E-state index < -0.39 is 0 Å². The molecule has 2 unspecified atom stereocenters. The number of hydrogen-bond donors (Lipinski definition) is 1. The SMILES string of the molecule is CC(C)=CC1C(C(=O)Nc2ccc(N3CCOCC3)cn2)C1(C)C. The van der Waals surface area contributed by atoms with Crippen molar-refractivity contribution in [3.05, 3.63) is 30.0 Å². The number of amides is 1. The number of carbonyl (C=O) groups is 1. The molecule has 1 saturated carbocycles. The molecule has 1 aromatic rings. The Morgan fingerprint density at radius 2 is 2.04 bits per heavy atom. The van der Waals surface area contributed by atoms with Crippen LogP contribution in [0.1, 0.15) is 27.7 Å². The van der Waals surface area contributed by atoms with Crippen molar-refractivity contribution in [1.29, 1.82) is 0 Å². The van der Waals surface area contributed by atoms with Crippen molar-refractivity contribution in [2.45, 2.75) is 27.7 Å². The van der Waals surface area contributed by atoms with Crippen LogP contribution in [-0.2, 0) is 9.53 Å². The summed E-state index contributed by atoms with van der Waals surface area (Å²) in [6, 6.07) is 3.90. The molecule has 2 heterocycles. The van der Waals surface area contributed by atoms with Gasteiger partial charge in [0.25, 0.3) is 0 Å². The minimum atomic E-state index is 0.0214. The first-order chi connectivity index (χ1) is 11.4. The third kappa shape index (κ3) is 3.46. The van der Waals surface area contributed by atoms with Crippen LogP contribution in [0.25, 0.3) is 0 Å². The first-order valence-electron chi connectivity index (χ1n) is 8.64. The summed E-state index contributed by atoms with van der Waals surface area (Å²) in [5, 5.41) is 2.97. The van der Waals surface area contributed by atoms with Gasteiger partial charge in [0.2, 0.25) is 5.91 Å². The fourth-order valence-electron chi connectivity index (χ4n) is 3.52. The molecule has 1 aliphatic carbocycles. The first-order valence-corrected chi connectivity index (χ1v) is 8.64. The molecule has 0 aromatic carbocycles. The van der Waals surface area contributed by atoms with E-state index in [1.54, 1.807) is 0 Å². The summed E-state index contributed by atoms with van der Waals surface area (Å²) < 4.78 is 5.36. The molecule has 1 N–H and O–H groups in total. The molecule has 130 valence electrons. The number of morpholine rings is 1. The quantitative estimate of drug-likeness (QED) is 0.863. The van der Waals surface area contributed by atoms with Gasteiger partial charge in [0.15, 0.2) is 0 Å². The highest BCUT2D eigenvalue weighted by molar-refractivity contribution is 5.95. The summed E-state index contributed by atoms with van der Waals surface area (Å²) >= 11 is 0. The summed E-state index contributed by atoms with van der Waals surface area (Å²) in [4.78, 5) is 19.2. The summed E-state index contributed by atoms with van der Waals surface area (Å²) in [6.07, 6.45) is 4.03. The van der Waals surface area contributed by atoms with E-state index in [0.29, 0.717) is 11.7 Å². The second-order valence-corrected chi connectivity index (χ2v) is 7.56. The van der Waals surface area contributed by atoms with E-state index in [2.05, 4.69) is 49.0 Å². The number of nitrogens with zero attached hydrogens (tertiary/aromatic N) is 2. The topological polar surface area (TPSA) is 54.5 Å². The molecule has 0 radical (unpaired) electrons. The largest absolute Gasteiger partial charge is 0.378 e. The summed E-state index contributed by atoms with van der Waals surface area (Å²) in [6.45, 7) is 11.7. The van der Waals surface area contributed by atoms with E-state index in [0.717, 1.165) is 32.0 Å². The van der Waals surface area contributed by atoms with E-state index in [1.807, 2.05) is 18.3 Å². The zero-order chi connectivity index (χ0) is 17.3. The Labute approximate surface area is 144 Å². The number of anilines is 2. The van der Waals surface area contributed by atoms with Crippen molar-refractivity contribution in [2.24, 2.45) is 17.3 Å². The standard InChI is InChI=1S/C19H27N3O2/c1-13(2)11-15-17(19(15,3)4)18(23)21-16-6-5-14(12-20-16)22-7-9-24-10-8-22/h5-6,11-12,15,17H,7-10H2,1-4H3,(H,20,21,23). The van der Waals surface area contributed by atoms with E-state index >= 15 is 0 Å². The molecule has 5 nitrogen and oxygen atoms in total. The van der Waals surface area contributed by atoms with Gasteiger partial charge < -0.3 is 15.0 Å². The monoisotopic (exact) mass is 329 g/mol. The number of nitrogens with one attached hydrogen (secondary N) is 1. The van der Waals surface area contributed by atoms with E-state index in [1.165, 1.54) is 5.57 Å². The molecule has 2 fully saturated rings. The molecule has 24 heavy (non-hydrogen) atoms. The summed E-state index contributed by atoms with van der Waals surface area (Å²) in [5.74, 6) is 1.02. The molecule has 3 rings (SSSR count). The van der Waals surface area contributed by atoms with Crippen LogP contribution >= 0.6 is 0 Å². The van der Waals surface area contributed by atoms with Crippen LogP contribution in [0.3, 0.4) is 0 Å². The van der Waals surface area contributed by atoms with Crippen molar-refractivity contribution < 1.29 is 9.53 Å². The van der Waals surface area contributed by atoms with E-state index in [9.17, 15) is 4.79 Å².